The van der Waals surface area contributed by atoms with Gasteiger partial charge in [0.15, 0.2) is 0 Å². The third-order valence-electron chi connectivity index (χ3n) is 1.23. The Hall–Kier alpha value is 0.310. The van der Waals surface area contributed by atoms with Crippen molar-refractivity contribution in [3.8, 4) is 0 Å². The lowest BCUT2D eigenvalue weighted by Crippen LogP contribution is -2.18. The van der Waals surface area contributed by atoms with E-state index in [1.54, 1.807) is 0 Å². The van der Waals surface area contributed by atoms with E-state index >= 15 is 0 Å². The molecule has 1 unspecified atom stereocenters. The Balaban J connectivity index is 2.26. The van der Waals surface area contributed by atoms with E-state index in [1.165, 1.54) is 12.2 Å². The van der Waals surface area contributed by atoms with Crippen LogP contribution in [-0.2, 0) is 0 Å². The van der Waals surface area contributed by atoms with E-state index in [-0.39, 0.29) is 0 Å². The van der Waals surface area contributed by atoms with E-state index in [0.29, 0.717) is 6.04 Å². The van der Waals surface area contributed by atoms with Crippen molar-refractivity contribution < 1.29 is 0 Å². The largest absolute Gasteiger partial charge is 0.327 e. The molecule has 1 aliphatic rings. The molecule has 0 spiro atoms. The minimum absolute atomic E-state index is 0.486. The van der Waals surface area contributed by atoms with Crippen LogP contribution in [0.5, 0.6) is 0 Å². The molecule has 2 N–H and O–H groups in total. The fourth-order valence-corrected chi connectivity index (χ4v) is 1.95. The van der Waals surface area contributed by atoms with Gasteiger partial charge < -0.3 is 5.73 Å². The standard InChI is InChI=1S/C5H11NS/c1-4-2-5(6)3-7-4/h4-5H,2-3,6H2,1H3/t4?,5-/m0/s1. The Bertz CT molecular complexity index is 57.1. The van der Waals surface area contributed by atoms with Crippen molar-refractivity contribution in [1.29, 1.82) is 0 Å². The van der Waals surface area contributed by atoms with Gasteiger partial charge in [-0.15, -0.1) is 0 Å². The van der Waals surface area contributed by atoms with Crippen molar-refractivity contribution in [3.63, 3.8) is 0 Å². The summed E-state index contributed by atoms with van der Waals surface area (Å²) in [5, 5.41) is 0.815. The summed E-state index contributed by atoms with van der Waals surface area (Å²) in [5.41, 5.74) is 5.60. The van der Waals surface area contributed by atoms with E-state index in [2.05, 4.69) is 6.92 Å². The number of rotatable bonds is 0. The zero-order valence-electron chi connectivity index (χ0n) is 4.55. The minimum atomic E-state index is 0.486. The summed E-state index contributed by atoms with van der Waals surface area (Å²) in [5.74, 6) is 1.17. The van der Waals surface area contributed by atoms with E-state index in [0.717, 1.165) is 5.25 Å². The second kappa shape index (κ2) is 2.05. The SMILES string of the molecule is CC1C[C@H](N)CS1. The molecule has 0 aromatic heterocycles. The molecule has 0 aromatic rings. The molecule has 0 amide bonds. The van der Waals surface area contributed by atoms with E-state index in [1.807, 2.05) is 11.8 Å². The summed E-state index contributed by atoms with van der Waals surface area (Å²) in [7, 11) is 0. The molecule has 1 fully saturated rings. The third kappa shape index (κ3) is 1.35. The van der Waals surface area contributed by atoms with Crippen LogP contribution in [0.1, 0.15) is 13.3 Å². The van der Waals surface area contributed by atoms with Crippen molar-refractivity contribution in [2.45, 2.75) is 24.6 Å². The second-order valence-electron chi connectivity index (χ2n) is 2.14. The van der Waals surface area contributed by atoms with Crippen LogP contribution in [0, 0.1) is 0 Å². The van der Waals surface area contributed by atoms with Gasteiger partial charge in [0.2, 0.25) is 0 Å². The van der Waals surface area contributed by atoms with E-state index < -0.39 is 0 Å². The number of thioether (sulfide) groups is 1. The Morgan fingerprint density at radius 1 is 1.71 bits per heavy atom. The molecule has 1 rings (SSSR count). The molecule has 0 radical (unpaired) electrons. The van der Waals surface area contributed by atoms with Gasteiger partial charge in [0.1, 0.15) is 0 Å². The molecule has 7 heavy (non-hydrogen) atoms. The molecule has 1 nitrogen and oxygen atoms in total. The highest BCUT2D eigenvalue weighted by Crippen LogP contribution is 2.23. The topological polar surface area (TPSA) is 26.0 Å². The van der Waals surface area contributed by atoms with Gasteiger partial charge in [-0.25, -0.2) is 0 Å². The fraction of sp³-hybridized carbons (Fsp3) is 1.00. The Kier molecular flexibility index (Phi) is 1.60. The summed E-state index contributed by atoms with van der Waals surface area (Å²) < 4.78 is 0. The highest BCUT2D eigenvalue weighted by molar-refractivity contribution is 8.00. The lowest BCUT2D eigenvalue weighted by Gasteiger charge is -1.95. The molecule has 2 atom stereocenters. The molecule has 1 aliphatic heterocycles. The number of nitrogens with two attached hydrogens (primary N) is 1. The first-order valence-corrected chi connectivity index (χ1v) is 3.71. The highest BCUT2D eigenvalue weighted by atomic mass is 32.2. The van der Waals surface area contributed by atoms with Crippen LogP contribution in [0.2, 0.25) is 0 Å². The Labute approximate surface area is 48.7 Å². The van der Waals surface area contributed by atoms with Crippen molar-refractivity contribution >= 4 is 11.8 Å². The Morgan fingerprint density at radius 3 is 2.57 bits per heavy atom. The van der Waals surface area contributed by atoms with Gasteiger partial charge in [-0.05, 0) is 6.42 Å². The van der Waals surface area contributed by atoms with Gasteiger partial charge in [-0.1, -0.05) is 6.92 Å². The fourth-order valence-electron chi connectivity index (χ4n) is 0.850. The molecule has 1 heterocycles. The van der Waals surface area contributed by atoms with Crippen LogP contribution in [0.15, 0.2) is 0 Å². The van der Waals surface area contributed by atoms with Gasteiger partial charge in [0.05, 0.1) is 0 Å². The molecule has 0 saturated carbocycles. The zero-order chi connectivity index (χ0) is 5.28. The maximum absolute atomic E-state index is 5.60. The predicted molar refractivity (Wildman–Crippen MR) is 34.5 cm³/mol. The zero-order valence-corrected chi connectivity index (χ0v) is 5.37. The van der Waals surface area contributed by atoms with Crippen molar-refractivity contribution in [3.05, 3.63) is 0 Å². The lowest BCUT2D eigenvalue weighted by atomic mass is 10.2. The molecule has 1 saturated heterocycles. The van der Waals surface area contributed by atoms with Crippen LogP contribution in [-0.4, -0.2) is 17.0 Å². The summed E-state index contributed by atoms with van der Waals surface area (Å²) in [6, 6.07) is 0.486. The number of hydrogen-bond donors (Lipinski definition) is 1. The summed E-state index contributed by atoms with van der Waals surface area (Å²) >= 11 is 1.98. The molecular formula is C5H11NS. The quantitative estimate of drug-likeness (QED) is 0.509. The summed E-state index contributed by atoms with van der Waals surface area (Å²) in [6.07, 6.45) is 1.21. The van der Waals surface area contributed by atoms with Gasteiger partial charge in [-0.2, -0.15) is 11.8 Å². The van der Waals surface area contributed by atoms with Crippen LogP contribution in [0.3, 0.4) is 0 Å². The molecule has 0 aliphatic carbocycles. The van der Waals surface area contributed by atoms with Crippen LogP contribution < -0.4 is 5.73 Å². The van der Waals surface area contributed by atoms with Gasteiger partial charge in [0, 0.05) is 17.0 Å². The van der Waals surface area contributed by atoms with Crippen LogP contribution in [0.25, 0.3) is 0 Å². The van der Waals surface area contributed by atoms with Crippen molar-refractivity contribution in [2.75, 3.05) is 5.75 Å². The first kappa shape index (κ1) is 5.45. The number of hydrogen-bond acceptors (Lipinski definition) is 2. The second-order valence-corrected chi connectivity index (χ2v) is 3.61. The molecule has 42 valence electrons. The monoisotopic (exact) mass is 117 g/mol. The maximum Gasteiger partial charge on any atom is 0.0140 e. The smallest absolute Gasteiger partial charge is 0.0140 e. The lowest BCUT2D eigenvalue weighted by molar-refractivity contribution is 0.705. The van der Waals surface area contributed by atoms with Crippen LogP contribution >= 0.6 is 11.8 Å². The summed E-state index contributed by atoms with van der Waals surface area (Å²) in [4.78, 5) is 0. The van der Waals surface area contributed by atoms with E-state index in [9.17, 15) is 0 Å². The van der Waals surface area contributed by atoms with E-state index in [4.69, 9.17) is 5.73 Å². The van der Waals surface area contributed by atoms with Crippen LogP contribution in [0.4, 0.5) is 0 Å². The normalized spacial score (nSPS) is 42.0. The van der Waals surface area contributed by atoms with Gasteiger partial charge in [-0.3, -0.25) is 0 Å². The molecule has 0 aromatic carbocycles. The first-order chi connectivity index (χ1) is 3.29. The van der Waals surface area contributed by atoms with Gasteiger partial charge >= 0.3 is 0 Å². The minimum Gasteiger partial charge on any atom is -0.327 e. The average Bonchev–Trinajstić information content (AvgIpc) is 1.87. The first-order valence-electron chi connectivity index (χ1n) is 2.66. The summed E-state index contributed by atoms with van der Waals surface area (Å²) in [6.45, 7) is 2.23. The maximum atomic E-state index is 5.60. The highest BCUT2D eigenvalue weighted by Gasteiger charge is 2.16. The third-order valence-corrected chi connectivity index (χ3v) is 2.61. The molecule has 0 bridgehead atoms. The molecular weight excluding hydrogens is 106 g/mol. The molecule has 2 heteroatoms. The van der Waals surface area contributed by atoms with Crippen molar-refractivity contribution in [2.24, 2.45) is 5.73 Å². The predicted octanol–water partition coefficient (Wildman–Crippen LogP) is 0.839. The Morgan fingerprint density at radius 2 is 2.43 bits per heavy atom. The van der Waals surface area contributed by atoms with Gasteiger partial charge in [0.25, 0.3) is 0 Å². The van der Waals surface area contributed by atoms with Crippen molar-refractivity contribution in [1.82, 2.24) is 0 Å². The average molecular weight is 117 g/mol.